The van der Waals surface area contributed by atoms with E-state index in [1.54, 1.807) is 41.0 Å². The molecule has 1 heterocycles. The number of nitrogens with one attached hydrogen (secondary N) is 1. The second-order valence-electron chi connectivity index (χ2n) is 5.31. The maximum atomic E-state index is 10.9. The lowest BCUT2D eigenvalue weighted by Crippen LogP contribution is -2.29. The number of aliphatic hydroxyl groups is 1. The number of aryl methyl sites for hydroxylation is 1. The van der Waals surface area contributed by atoms with Gasteiger partial charge < -0.3 is 15.3 Å². The van der Waals surface area contributed by atoms with Crippen LogP contribution in [0.4, 0.5) is 5.82 Å². The predicted octanol–water partition coefficient (Wildman–Crippen LogP) is 2.34. The van der Waals surface area contributed by atoms with Crippen molar-refractivity contribution in [3.63, 3.8) is 0 Å². The predicted molar refractivity (Wildman–Crippen MR) is 96.4 cm³/mol. The van der Waals surface area contributed by atoms with Crippen LogP contribution in [0.1, 0.15) is 6.42 Å². The van der Waals surface area contributed by atoms with Gasteiger partial charge in [0.1, 0.15) is 17.8 Å². The highest BCUT2D eigenvalue weighted by atomic mass is 35.5. The van der Waals surface area contributed by atoms with Gasteiger partial charge in [0.25, 0.3) is 0 Å². The maximum Gasteiger partial charge on any atom is 0.162 e. The molecule has 0 fully saturated rings. The Labute approximate surface area is 151 Å². The summed E-state index contributed by atoms with van der Waals surface area (Å²) in [6, 6.07) is 8.89. The number of halogens is 1. The van der Waals surface area contributed by atoms with Crippen molar-refractivity contribution in [2.45, 2.75) is 13.0 Å². The standard InChI is InChI=1S/C17H21ClN4O3/c1-21(19-17-7-10-22(20-17)9-4-11-23)13-14(8-12-24)25-16-6-3-2-5-15(16)18/h2-3,5-8,10,12,23H,4,9,11,13H2,1H3,(H,19,20)/b14-8+. The Bertz CT molecular complexity index is 717. The van der Waals surface area contributed by atoms with Gasteiger partial charge in [0, 0.05) is 38.5 Å². The number of hydrogen-bond donors (Lipinski definition) is 2. The molecule has 0 unspecified atom stereocenters. The number of rotatable bonds is 10. The second kappa shape index (κ2) is 9.83. The van der Waals surface area contributed by atoms with E-state index in [2.05, 4.69) is 10.5 Å². The number of carbonyl (C=O) groups excluding carboxylic acids is 1. The number of hydrazine groups is 1. The van der Waals surface area contributed by atoms with Crippen LogP contribution in [0.5, 0.6) is 5.75 Å². The number of aliphatic hydroxyl groups excluding tert-OH is 1. The zero-order valence-corrected chi connectivity index (χ0v) is 14.7. The molecular weight excluding hydrogens is 344 g/mol. The van der Waals surface area contributed by atoms with Crippen molar-refractivity contribution in [2.75, 3.05) is 25.6 Å². The van der Waals surface area contributed by atoms with Crippen LogP contribution in [-0.4, -0.2) is 46.4 Å². The smallest absolute Gasteiger partial charge is 0.162 e. The highest BCUT2D eigenvalue weighted by Crippen LogP contribution is 2.25. The first-order valence-electron chi connectivity index (χ1n) is 7.81. The Morgan fingerprint density at radius 3 is 2.96 bits per heavy atom. The van der Waals surface area contributed by atoms with Crippen LogP contribution in [-0.2, 0) is 11.3 Å². The number of anilines is 1. The molecule has 134 valence electrons. The number of allylic oxidation sites excluding steroid dienone is 1. The number of benzene rings is 1. The molecule has 0 spiro atoms. The molecule has 0 saturated heterocycles. The lowest BCUT2D eigenvalue weighted by molar-refractivity contribution is -0.104. The lowest BCUT2D eigenvalue weighted by atomic mass is 10.3. The van der Waals surface area contributed by atoms with Gasteiger partial charge in [-0.15, -0.1) is 0 Å². The average molecular weight is 365 g/mol. The molecule has 0 radical (unpaired) electrons. The lowest BCUT2D eigenvalue weighted by Gasteiger charge is -2.19. The van der Waals surface area contributed by atoms with E-state index in [0.29, 0.717) is 48.1 Å². The summed E-state index contributed by atoms with van der Waals surface area (Å²) in [6.07, 6.45) is 4.49. The van der Waals surface area contributed by atoms with Gasteiger partial charge in [-0.3, -0.25) is 9.48 Å². The molecule has 0 aliphatic carbocycles. The third-order valence-corrected chi connectivity index (χ3v) is 3.53. The number of likely N-dealkylation sites (N-methyl/N-ethyl adjacent to an activating group) is 1. The molecule has 0 bridgehead atoms. The Morgan fingerprint density at radius 2 is 2.24 bits per heavy atom. The van der Waals surface area contributed by atoms with Crippen molar-refractivity contribution < 1.29 is 14.6 Å². The topological polar surface area (TPSA) is 79.6 Å². The molecule has 0 atom stereocenters. The number of para-hydroxylation sites is 1. The molecule has 2 rings (SSSR count). The summed E-state index contributed by atoms with van der Waals surface area (Å²) in [4.78, 5) is 10.9. The molecule has 1 aromatic carbocycles. The van der Waals surface area contributed by atoms with E-state index >= 15 is 0 Å². The summed E-state index contributed by atoms with van der Waals surface area (Å²) < 4.78 is 7.46. The molecular formula is C17H21ClN4O3. The van der Waals surface area contributed by atoms with Crippen LogP contribution < -0.4 is 10.2 Å². The quantitative estimate of drug-likeness (QED) is 0.291. The molecule has 0 aliphatic rings. The third-order valence-electron chi connectivity index (χ3n) is 3.22. The molecule has 0 amide bonds. The van der Waals surface area contributed by atoms with Gasteiger partial charge in [0.2, 0.25) is 0 Å². The normalized spacial score (nSPS) is 11.6. The zero-order valence-electron chi connectivity index (χ0n) is 13.9. The first-order chi connectivity index (χ1) is 12.1. The van der Waals surface area contributed by atoms with E-state index in [4.69, 9.17) is 21.4 Å². The Kier molecular flexibility index (Phi) is 7.46. The first kappa shape index (κ1) is 19.0. The molecule has 2 N–H and O–H groups in total. The third kappa shape index (κ3) is 6.22. The highest BCUT2D eigenvalue weighted by molar-refractivity contribution is 6.32. The van der Waals surface area contributed by atoms with Gasteiger partial charge in [-0.2, -0.15) is 5.10 Å². The number of nitrogens with zero attached hydrogens (tertiary/aromatic N) is 3. The Morgan fingerprint density at radius 1 is 1.44 bits per heavy atom. The molecule has 0 saturated carbocycles. The van der Waals surface area contributed by atoms with Crippen LogP contribution in [0.3, 0.4) is 0 Å². The number of aromatic nitrogens is 2. The summed E-state index contributed by atoms with van der Waals surface area (Å²) in [5.41, 5.74) is 3.10. The highest BCUT2D eigenvalue weighted by Gasteiger charge is 2.09. The fourth-order valence-electron chi connectivity index (χ4n) is 2.11. The van der Waals surface area contributed by atoms with Crippen LogP contribution >= 0.6 is 11.6 Å². The van der Waals surface area contributed by atoms with Crippen molar-refractivity contribution in [1.82, 2.24) is 14.8 Å². The van der Waals surface area contributed by atoms with E-state index in [0.717, 1.165) is 0 Å². The van der Waals surface area contributed by atoms with Crippen molar-refractivity contribution >= 4 is 23.7 Å². The minimum absolute atomic E-state index is 0.127. The van der Waals surface area contributed by atoms with Gasteiger partial charge in [-0.05, 0) is 18.6 Å². The number of hydrogen-bond acceptors (Lipinski definition) is 6. The van der Waals surface area contributed by atoms with E-state index in [-0.39, 0.29) is 6.61 Å². The van der Waals surface area contributed by atoms with E-state index < -0.39 is 0 Å². The van der Waals surface area contributed by atoms with Gasteiger partial charge >= 0.3 is 0 Å². The zero-order chi connectivity index (χ0) is 18.1. The molecule has 1 aromatic heterocycles. The SMILES string of the molecule is CN(C/C(=C\C=O)Oc1ccccc1Cl)Nc1ccn(CCCO)n1. The van der Waals surface area contributed by atoms with E-state index in [1.807, 2.05) is 12.3 Å². The molecule has 7 nitrogen and oxygen atoms in total. The van der Waals surface area contributed by atoms with Gasteiger partial charge in [0.05, 0.1) is 11.6 Å². The molecule has 25 heavy (non-hydrogen) atoms. The fourth-order valence-corrected chi connectivity index (χ4v) is 2.29. The van der Waals surface area contributed by atoms with Crippen molar-refractivity contribution in [2.24, 2.45) is 0 Å². The van der Waals surface area contributed by atoms with E-state index in [9.17, 15) is 4.79 Å². The monoisotopic (exact) mass is 364 g/mol. The summed E-state index contributed by atoms with van der Waals surface area (Å²) in [5.74, 6) is 1.58. The number of ether oxygens (including phenoxy) is 1. The van der Waals surface area contributed by atoms with Crippen LogP contribution in [0.25, 0.3) is 0 Å². The fraction of sp³-hybridized carbons (Fsp3) is 0.294. The van der Waals surface area contributed by atoms with Gasteiger partial charge in [-0.1, -0.05) is 23.7 Å². The minimum Gasteiger partial charge on any atom is -0.459 e. The van der Waals surface area contributed by atoms with Gasteiger partial charge in [0.15, 0.2) is 5.82 Å². The summed E-state index contributed by atoms with van der Waals surface area (Å²) in [7, 11) is 1.81. The molecule has 2 aromatic rings. The van der Waals surface area contributed by atoms with Crippen molar-refractivity contribution in [3.05, 3.63) is 53.4 Å². The van der Waals surface area contributed by atoms with Crippen molar-refractivity contribution in [1.29, 1.82) is 0 Å². The number of carbonyl (C=O) groups is 1. The number of aldehydes is 1. The van der Waals surface area contributed by atoms with E-state index in [1.165, 1.54) is 6.08 Å². The molecule has 0 aliphatic heterocycles. The summed E-state index contributed by atoms with van der Waals surface area (Å²) >= 11 is 6.08. The Hall–Kier alpha value is -2.35. The first-order valence-corrected chi connectivity index (χ1v) is 8.19. The van der Waals surface area contributed by atoms with Crippen LogP contribution in [0.2, 0.25) is 5.02 Å². The summed E-state index contributed by atoms with van der Waals surface area (Å²) in [5, 5.41) is 15.4. The average Bonchev–Trinajstić information content (AvgIpc) is 3.02. The molecule has 8 heteroatoms. The minimum atomic E-state index is 0.127. The maximum absolute atomic E-state index is 10.9. The van der Waals surface area contributed by atoms with Gasteiger partial charge in [-0.25, -0.2) is 5.01 Å². The van der Waals surface area contributed by atoms with Crippen molar-refractivity contribution in [3.8, 4) is 5.75 Å². The van der Waals surface area contributed by atoms with Crippen LogP contribution in [0, 0.1) is 0 Å². The largest absolute Gasteiger partial charge is 0.459 e. The Balaban J connectivity index is 1.95. The summed E-state index contributed by atoms with van der Waals surface area (Å²) in [6.45, 7) is 1.10. The van der Waals surface area contributed by atoms with Crippen LogP contribution in [0.15, 0.2) is 48.4 Å². The second-order valence-corrected chi connectivity index (χ2v) is 5.72.